The molecular weight excluding hydrogens is 60.1 g/mol. The normalized spacial score (nSPS) is 17.6. The van der Waals surface area contributed by atoms with Gasteiger partial charge in [-0.2, -0.15) is 0 Å². The standard InChI is InChI=1S/C5H4/c1-2-4-5-3-1/h1-2H,5H2. The summed E-state index contributed by atoms with van der Waals surface area (Å²) in [6.45, 7) is 0. The summed E-state index contributed by atoms with van der Waals surface area (Å²) in [6.07, 6.45) is 10.5. The zero-order valence-corrected chi connectivity index (χ0v) is 2.86. The van der Waals surface area contributed by atoms with E-state index in [0.717, 1.165) is 6.42 Å². The molecule has 1 aliphatic rings. The lowest BCUT2D eigenvalue weighted by Gasteiger charge is -1.54. The van der Waals surface area contributed by atoms with Gasteiger partial charge in [-0.05, 0) is 18.6 Å². The fraction of sp³-hybridized carbons (Fsp3) is 0.200. The Labute approximate surface area is 31.8 Å². The van der Waals surface area contributed by atoms with Gasteiger partial charge in [-0.1, -0.05) is 12.2 Å². The van der Waals surface area contributed by atoms with Crippen LogP contribution in [0.1, 0.15) is 6.42 Å². The number of rotatable bonds is 0. The lowest BCUT2D eigenvalue weighted by molar-refractivity contribution is 1.35. The Morgan fingerprint density at radius 3 is 2.00 bits per heavy atom. The van der Waals surface area contributed by atoms with Gasteiger partial charge in [0.2, 0.25) is 0 Å². The van der Waals surface area contributed by atoms with Gasteiger partial charge >= 0.3 is 0 Å². The molecule has 0 nitrogen and oxygen atoms in total. The molecule has 0 unspecified atom stereocenters. The summed E-state index contributed by atoms with van der Waals surface area (Å²) in [7, 11) is 0. The summed E-state index contributed by atoms with van der Waals surface area (Å²) in [6, 6.07) is 0. The van der Waals surface area contributed by atoms with Crippen molar-refractivity contribution in [3.05, 3.63) is 24.3 Å². The molecule has 0 heteroatoms. The highest BCUT2D eigenvalue weighted by Crippen LogP contribution is 1.90. The predicted molar refractivity (Wildman–Crippen MR) is 20.2 cm³/mol. The van der Waals surface area contributed by atoms with Gasteiger partial charge in [0.25, 0.3) is 0 Å². The fourth-order valence-electron chi connectivity index (χ4n) is 0.295. The minimum absolute atomic E-state index is 0.889. The molecule has 0 saturated heterocycles. The van der Waals surface area contributed by atoms with Crippen molar-refractivity contribution in [2.75, 3.05) is 0 Å². The van der Waals surface area contributed by atoms with Crippen LogP contribution in [0.25, 0.3) is 0 Å². The first kappa shape index (κ1) is 2.70. The van der Waals surface area contributed by atoms with Crippen molar-refractivity contribution in [1.29, 1.82) is 0 Å². The first-order valence-electron chi connectivity index (χ1n) is 1.62. The van der Waals surface area contributed by atoms with Crippen LogP contribution in [0.15, 0.2) is 12.2 Å². The fourth-order valence-corrected chi connectivity index (χ4v) is 0.295. The van der Waals surface area contributed by atoms with E-state index >= 15 is 0 Å². The summed E-state index contributed by atoms with van der Waals surface area (Å²) in [5, 5.41) is 0. The van der Waals surface area contributed by atoms with E-state index in [-0.39, 0.29) is 0 Å². The molecule has 2 radical (unpaired) electrons. The van der Waals surface area contributed by atoms with Crippen molar-refractivity contribution in [3.63, 3.8) is 0 Å². The highest BCUT2D eigenvalue weighted by atomic mass is 13.8. The van der Waals surface area contributed by atoms with E-state index in [1.54, 1.807) is 0 Å². The highest BCUT2D eigenvalue weighted by Gasteiger charge is 1.74. The van der Waals surface area contributed by atoms with Crippen molar-refractivity contribution in [2.45, 2.75) is 6.42 Å². The quantitative estimate of drug-likeness (QED) is 0.396. The van der Waals surface area contributed by atoms with Crippen LogP contribution in [0, 0.1) is 12.2 Å². The van der Waals surface area contributed by atoms with Crippen LogP contribution in [0.5, 0.6) is 0 Å². The van der Waals surface area contributed by atoms with Crippen molar-refractivity contribution in [1.82, 2.24) is 0 Å². The maximum absolute atomic E-state index is 2.93. The molecule has 0 aromatic heterocycles. The van der Waals surface area contributed by atoms with Crippen molar-refractivity contribution in [2.24, 2.45) is 0 Å². The average molecular weight is 64.1 g/mol. The molecule has 0 fully saturated rings. The van der Waals surface area contributed by atoms with E-state index in [9.17, 15) is 0 Å². The minimum Gasteiger partial charge on any atom is -0.0581 e. The first-order chi connectivity index (χ1) is 2.50. The van der Waals surface area contributed by atoms with Crippen LogP contribution in [-0.4, -0.2) is 0 Å². The number of allylic oxidation sites excluding steroid dienone is 4. The predicted octanol–water partition coefficient (Wildman–Crippen LogP) is 1.11. The highest BCUT2D eigenvalue weighted by molar-refractivity contribution is 5.02. The second-order valence-electron chi connectivity index (χ2n) is 0.918. The molecule has 1 rings (SSSR count). The largest absolute Gasteiger partial charge is 0.0581 e. The molecule has 0 atom stereocenters. The number of hydrogen-bond donors (Lipinski definition) is 0. The molecular formula is C5H4. The van der Waals surface area contributed by atoms with Crippen molar-refractivity contribution >= 4 is 0 Å². The third kappa shape index (κ3) is 0.380. The molecule has 0 bridgehead atoms. The molecule has 0 heterocycles. The topological polar surface area (TPSA) is 0 Å². The van der Waals surface area contributed by atoms with Crippen LogP contribution in [0.2, 0.25) is 0 Å². The van der Waals surface area contributed by atoms with Crippen molar-refractivity contribution in [3.8, 4) is 0 Å². The average Bonchev–Trinajstić information content (AvgIpc) is 1.76. The van der Waals surface area contributed by atoms with Gasteiger partial charge in [-0.15, -0.1) is 0 Å². The molecule has 0 aromatic rings. The summed E-state index contributed by atoms with van der Waals surface area (Å²) < 4.78 is 0. The Morgan fingerprint density at radius 1 is 1.20 bits per heavy atom. The van der Waals surface area contributed by atoms with Gasteiger partial charge in [0.1, 0.15) is 0 Å². The SMILES string of the molecule is [C]1=CC=[C]C1. The van der Waals surface area contributed by atoms with Gasteiger partial charge in [-0.3, -0.25) is 0 Å². The molecule has 0 amide bonds. The van der Waals surface area contributed by atoms with Crippen molar-refractivity contribution < 1.29 is 0 Å². The molecule has 5 heavy (non-hydrogen) atoms. The zero-order valence-electron chi connectivity index (χ0n) is 2.86. The van der Waals surface area contributed by atoms with Gasteiger partial charge < -0.3 is 0 Å². The summed E-state index contributed by atoms with van der Waals surface area (Å²) in [4.78, 5) is 0. The Balaban J connectivity index is 2.61. The smallest absolute Gasteiger partial charge is 0.00201 e. The van der Waals surface area contributed by atoms with E-state index in [0.29, 0.717) is 0 Å². The van der Waals surface area contributed by atoms with E-state index in [2.05, 4.69) is 12.2 Å². The van der Waals surface area contributed by atoms with Crippen LogP contribution in [0.3, 0.4) is 0 Å². The lowest BCUT2D eigenvalue weighted by Crippen LogP contribution is -1.40. The Morgan fingerprint density at radius 2 is 1.80 bits per heavy atom. The molecule has 0 N–H and O–H groups in total. The van der Waals surface area contributed by atoms with E-state index in [1.807, 2.05) is 12.2 Å². The van der Waals surface area contributed by atoms with Crippen LogP contribution < -0.4 is 0 Å². The Hall–Kier alpha value is -0.520. The third-order valence-electron chi connectivity index (χ3n) is 0.523. The number of hydrogen-bond acceptors (Lipinski definition) is 0. The second kappa shape index (κ2) is 1.07. The van der Waals surface area contributed by atoms with E-state index in [1.165, 1.54) is 0 Å². The summed E-state index contributed by atoms with van der Waals surface area (Å²) >= 11 is 0. The minimum atomic E-state index is 0.889. The van der Waals surface area contributed by atoms with Gasteiger partial charge in [-0.25, -0.2) is 0 Å². The molecule has 24 valence electrons. The summed E-state index contributed by atoms with van der Waals surface area (Å²) in [5.74, 6) is 0. The maximum Gasteiger partial charge on any atom is -0.00201 e. The zero-order chi connectivity index (χ0) is 3.54. The van der Waals surface area contributed by atoms with Gasteiger partial charge in [0, 0.05) is 0 Å². The van der Waals surface area contributed by atoms with Gasteiger partial charge in [0.05, 0.1) is 0 Å². The van der Waals surface area contributed by atoms with Crippen LogP contribution in [0.4, 0.5) is 0 Å². The molecule has 0 aliphatic heterocycles. The van der Waals surface area contributed by atoms with Gasteiger partial charge in [0.15, 0.2) is 0 Å². The Kier molecular flexibility index (Phi) is 0.577. The molecule has 0 aromatic carbocycles. The van der Waals surface area contributed by atoms with Crippen LogP contribution >= 0.6 is 0 Å². The third-order valence-corrected chi connectivity index (χ3v) is 0.523. The molecule has 0 saturated carbocycles. The monoisotopic (exact) mass is 64.0 g/mol. The van der Waals surface area contributed by atoms with E-state index < -0.39 is 0 Å². The second-order valence-corrected chi connectivity index (χ2v) is 0.918. The Bertz CT molecular complexity index is 58.1. The maximum atomic E-state index is 2.93. The van der Waals surface area contributed by atoms with E-state index in [4.69, 9.17) is 0 Å². The first-order valence-corrected chi connectivity index (χ1v) is 1.62. The molecule has 1 aliphatic carbocycles. The lowest BCUT2D eigenvalue weighted by atomic mass is 10.5. The van der Waals surface area contributed by atoms with Crippen LogP contribution in [-0.2, 0) is 0 Å². The molecule has 0 spiro atoms. The summed E-state index contributed by atoms with van der Waals surface area (Å²) in [5.41, 5.74) is 0.